The van der Waals surface area contributed by atoms with Crippen molar-refractivity contribution in [1.29, 1.82) is 0 Å². The summed E-state index contributed by atoms with van der Waals surface area (Å²) in [5.74, 6) is 1.69. The van der Waals surface area contributed by atoms with Crippen LogP contribution in [0.2, 0.25) is 0 Å². The molecule has 0 amide bonds. The number of rotatable bonds is 4. The zero-order chi connectivity index (χ0) is 20.5. The lowest BCUT2D eigenvalue weighted by molar-refractivity contribution is 0.241. The Morgan fingerprint density at radius 1 is 1.03 bits per heavy atom. The number of hydrogen-bond acceptors (Lipinski definition) is 3. The van der Waals surface area contributed by atoms with Crippen LogP contribution in [0.5, 0.6) is 0 Å². The van der Waals surface area contributed by atoms with E-state index in [-0.39, 0.29) is 0 Å². The number of aromatic nitrogens is 3. The van der Waals surface area contributed by atoms with Crippen LogP contribution in [0.4, 0.5) is 0 Å². The van der Waals surface area contributed by atoms with Gasteiger partial charge in [0.05, 0.1) is 0 Å². The molecular formula is C26H32N4. The highest BCUT2D eigenvalue weighted by molar-refractivity contribution is 5.41. The molecule has 3 aromatic rings. The van der Waals surface area contributed by atoms with Gasteiger partial charge in [-0.3, -0.25) is 4.90 Å². The van der Waals surface area contributed by atoms with Gasteiger partial charge in [-0.2, -0.15) is 0 Å². The Balaban J connectivity index is 1.31. The molecule has 3 heterocycles. The van der Waals surface area contributed by atoms with Crippen LogP contribution in [0.1, 0.15) is 72.1 Å². The molecule has 0 N–H and O–H groups in total. The molecule has 0 unspecified atom stereocenters. The topological polar surface area (TPSA) is 34.0 Å². The molecule has 0 bridgehead atoms. The SMILES string of the molecule is Cc1cc(CN2CCc3nc(C4CCCCC4)ncc3C2)c(C)n1-c1ccccc1. The molecule has 4 heteroatoms. The second kappa shape index (κ2) is 8.35. The highest BCUT2D eigenvalue weighted by atomic mass is 15.1. The van der Waals surface area contributed by atoms with E-state index in [1.807, 2.05) is 0 Å². The smallest absolute Gasteiger partial charge is 0.131 e. The predicted molar refractivity (Wildman–Crippen MR) is 121 cm³/mol. The van der Waals surface area contributed by atoms with Crippen LogP contribution in [0.3, 0.4) is 0 Å². The summed E-state index contributed by atoms with van der Waals surface area (Å²) < 4.78 is 2.37. The van der Waals surface area contributed by atoms with Gasteiger partial charge < -0.3 is 4.57 Å². The molecule has 156 valence electrons. The van der Waals surface area contributed by atoms with E-state index in [9.17, 15) is 0 Å². The molecule has 2 aliphatic rings. The number of nitrogens with zero attached hydrogens (tertiary/aromatic N) is 4. The average molecular weight is 401 g/mol. The van der Waals surface area contributed by atoms with Crippen LogP contribution in [0.15, 0.2) is 42.6 Å². The summed E-state index contributed by atoms with van der Waals surface area (Å²) in [7, 11) is 0. The fourth-order valence-electron chi connectivity index (χ4n) is 5.29. The summed E-state index contributed by atoms with van der Waals surface area (Å²) in [6.07, 6.45) is 9.73. The standard InChI is InChI=1S/C26H32N4/c1-19-15-22(20(2)30(19)24-11-7-4-8-12-24)17-29-14-13-25-23(18-29)16-27-26(28-25)21-9-5-3-6-10-21/h4,7-8,11-12,15-16,21H,3,5-6,9-10,13-14,17-18H2,1-2H3. The van der Waals surface area contributed by atoms with Gasteiger partial charge in [-0.25, -0.2) is 9.97 Å². The van der Waals surface area contributed by atoms with E-state index in [1.165, 1.54) is 66.0 Å². The first-order chi connectivity index (χ1) is 14.7. The quantitative estimate of drug-likeness (QED) is 0.581. The van der Waals surface area contributed by atoms with Crippen molar-refractivity contribution in [3.05, 3.63) is 76.6 Å². The molecule has 0 atom stereocenters. The Morgan fingerprint density at radius 3 is 2.63 bits per heavy atom. The Kier molecular flexibility index (Phi) is 5.43. The zero-order valence-corrected chi connectivity index (χ0v) is 18.3. The van der Waals surface area contributed by atoms with Gasteiger partial charge in [-0.1, -0.05) is 37.5 Å². The normalized spacial score (nSPS) is 17.8. The molecule has 1 aliphatic heterocycles. The third kappa shape index (κ3) is 3.81. The molecule has 0 radical (unpaired) electrons. The van der Waals surface area contributed by atoms with E-state index >= 15 is 0 Å². The Labute approximate surface area is 180 Å². The van der Waals surface area contributed by atoms with Crippen molar-refractivity contribution in [3.8, 4) is 5.69 Å². The average Bonchev–Trinajstić information content (AvgIpc) is 3.07. The summed E-state index contributed by atoms with van der Waals surface area (Å²) in [6.45, 7) is 7.46. The molecule has 1 aromatic carbocycles. The molecule has 4 nitrogen and oxygen atoms in total. The maximum atomic E-state index is 5.01. The van der Waals surface area contributed by atoms with E-state index in [4.69, 9.17) is 9.97 Å². The lowest BCUT2D eigenvalue weighted by atomic mass is 9.88. The van der Waals surface area contributed by atoms with Crippen molar-refractivity contribution >= 4 is 0 Å². The van der Waals surface area contributed by atoms with Gasteiger partial charge in [0.2, 0.25) is 0 Å². The second-order valence-electron chi connectivity index (χ2n) is 9.06. The lowest BCUT2D eigenvalue weighted by Crippen LogP contribution is -2.31. The van der Waals surface area contributed by atoms with Crippen LogP contribution in [-0.4, -0.2) is 26.0 Å². The molecule has 2 aromatic heterocycles. The predicted octanol–water partition coefficient (Wildman–Crippen LogP) is 5.49. The van der Waals surface area contributed by atoms with Gasteiger partial charge in [0.25, 0.3) is 0 Å². The molecule has 1 saturated carbocycles. The van der Waals surface area contributed by atoms with Crippen LogP contribution in [0.25, 0.3) is 5.69 Å². The fourth-order valence-corrected chi connectivity index (χ4v) is 5.29. The van der Waals surface area contributed by atoms with E-state index in [1.54, 1.807) is 0 Å². The van der Waals surface area contributed by atoms with Crippen LogP contribution >= 0.6 is 0 Å². The second-order valence-corrected chi connectivity index (χ2v) is 9.06. The first-order valence-electron chi connectivity index (χ1n) is 11.5. The molecule has 1 fully saturated rings. The minimum atomic E-state index is 0.588. The van der Waals surface area contributed by atoms with Crippen molar-refractivity contribution in [2.24, 2.45) is 0 Å². The van der Waals surface area contributed by atoms with Gasteiger partial charge in [-0.05, 0) is 50.5 Å². The number of aryl methyl sites for hydroxylation is 1. The molecule has 1 aliphatic carbocycles. The minimum Gasteiger partial charge on any atom is -0.318 e. The molecular weight excluding hydrogens is 368 g/mol. The Bertz CT molecular complexity index is 1020. The monoisotopic (exact) mass is 400 g/mol. The van der Waals surface area contributed by atoms with Gasteiger partial charge >= 0.3 is 0 Å². The highest BCUT2D eigenvalue weighted by Gasteiger charge is 2.23. The largest absolute Gasteiger partial charge is 0.318 e. The summed E-state index contributed by atoms with van der Waals surface area (Å²) in [5.41, 5.74) is 7.90. The van der Waals surface area contributed by atoms with Crippen molar-refractivity contribution < 1.29 is 0 Å². The van der Waals surface area contributed by atoms with Crippen molar-refractivity contribution in [1.82, 2.24) is 19.4 Å². The molecule has 5 rings (SSSR count). The van der Waals surface area contributed by atoms with Crippen LogP contribution in [0, 0.1) is 13.8 Å². The summed E-state index contributed by atoms with van der Waals surface area (Å²) >= 11 is 0. The van der Waals surface area contributed by atoms with E-state index in [0.717, 1.165) is 31.9 Å². The summed E-state index contributed by atoms with van der Waals surface area (Å²) in [4.78, 5) is 12.3. The van der Waals surface area contributed by atoms with Crippen molar-refractivity contribution in [2.75, 3.05) is 6.54 Å². The van der Waals surface area contributed by atoms with Gasteiger partial charge in [-0.15, -0.1) is 0 Å². The number of fused-ring (bicyclic) bond motifs is 1. The maximum Gasteiger partial charge on any atom is 0.131 e. The van der Waals surface area contributed by atoms with E-state index < -0.39 is 0 Å². The van der Waals surface area contributed by atoms with E-state index in [2.05, 4.69) is 65.9 Å². The summed E-state index contributed by atoms with van der Waals surface area (Å²) in [6, 6.07) is 13.0. The number of hydrogen-bond donors (Lipinski definition) is 0. The third-order valence-corrected chi connectivity index (χ3v) is 6.95. The van der Waals surface area contributed by atoms with Crippen molar-refractivity contribution in [3.63, 3.8) is 0 Å². The summed E-state index contributed by atoms with van der Waals surface area (Å²) in [5, 5.41) is 0. The van der Waals surface area contributed by atoms with Gasteiger partial charge in [0.15, 0.2) is 0 Å². The highest BCUT2D eigenvalue weighted by Crippen LogP contribution is 2.31. The molecule has 0 saturated heterocycles. The maximum absolute atomic E-state index is 5.01. The molecule has 30 heavy (non-hydrogen) atoms. The third-order valence-electron chi connectivity index (χ3n) is 6.95. The molecule has 0 spiro atoms. The van der Waals surface area contributed by atoms with Gasteiger partial charge in [0.1, 0.15) is 5.82 Å². The number of para-hydroxylation sites is 1. The van der Waals surface area contributed by atoms with Crippen molar-refractivity contribution in [2.45, 2.75) is 71.4 Å². The van der Waals surface area contributed by atoms with E-state index in [0.29, 0.717) is 5.92 Å². The first kappa shape index (κ1) is 19.5. The Hall–Kier alpha value is -2.46. The van der Waals surface area contributed by atoms with Crippen LogP contribution < -0.4 is 0 Å². The number of benzene rings is 1. The Morgan fingerprint density at radius 2 is 1.83 bits per heavy atom. The fraction of sp³-hybridized carbons (Fsp3) is 0.462. The minimum absolute atomic E-state index is 0.588. The zero-order valence-electron chi connectivity index (χ0n) is 18.3. The van der Waals surface area contributed by atoms with Crippen LogP contribution in [-0.2, 0) is 19.5 Å². The lowest BCUT2D eigenvalue weighted by Gasteiger charge is -2.29. The first-order valence-corrected chi connectivity index (χ1v) is 11.5. The van der Waals surface area contributed by atoms with Gasteiger partial charge in [0, 0.05) is 66.5 Å².